The molecule has 4 heteroatoms. The van der Waals surface area contributed by atoms with E-state index < -0.39 is 0 Å². The second-order valence-corrected chi connectivity index (χ2v) is 5.42. The fourth-order valence-electron chi connectivity index (χ4n) is 3.04. The zero-order chi connectivity index (χ0) is 13.1. The Bertz CT molecular complexity index is 430. The van der Waals surface area contributed by atoms with Crippen molar-refractivity contribution in [3.63, 3.8) is 0 Å². The van der Waals surface area contributed by atoms with Crippen LogP contribution in [0.4, 0.5) is 0 Å². The molecule has 1 aromatic carbocycles. The number of rotatable bonds is 4. The summed E-state index contributed by atoms with van der Waals surface area (Å²) < 4.78 is 11.2. The van der Waals surface area contributed by atoms with Gasteiger partial charge in [0.2, 0.25) is 0 Å². The van der Waals surface area contributed by atoms with Gasteiger partial charge >= 0.3 is 0 Å². The molecule has 0 amide bonds. The minimum atomic E-state index is 0.0482. The third kappa shape index (κ3) is 2.98. The van der Waals surface area contributed by atoms with Crippen LogP contribution in [0.1, 0.15) is 23.1 Å². The van der Waals surface area contributed by atoms with Crippen LogP contribution in [0.2, 0.25) is 0 Å². The first-order valence-corrected chi connectivity index (χ1v) is 7.13. The lowest BCUT2D eigenvalue weighted by Gasteiger charge is -2.30. The Morgan fingerprint density at radius 3 is 2.95 bits per heavy atom. The Kier molecular flexibility index (Phi) is 4.13. The second kappa shape index (κ2) is 6.01. The van der Waals surface area contributed by atoms with Gasteiger partial charge in [0.1, 0.15) is 0 Å². The first-order valence-electron chi connectivity index (χ1n) is 7.13. The number of aryl methyl sites for hydroxylation is 2. The highest BCUT2D eigenvalue weighted by molar-refractivity contribution is 5.35. The van der Waals surface area contributed by atoms with E-state index in [2.05, 4.69) is 23.6 Å². The summed E-state index contributed by atoms with van der Waals surface area (Å²) >= 11 is 0. The molecule has 0 spiro atoms. The maximum Gasteiger partial charge on any atom is 0.0978 e. The van der Waals surface area contributed by atoms with E-state index in [0.717, 1.165) is 6.42 Å². The number of benzene rings is 1. The van der Waals surface area contributed by atoms with Crippen molar-refractivity contribution in [1.29, 1.82) is 0 Å². The quantitative estimate of drug-likeness (QED) is 0.627. The summed E-state index contributed by atoms with van der Waals surface area (Å²) in [6.07, 6.45) is 4.67. The lowest BCUT2D eigenvalue weighted by Crippen LogP contribution is -2.50. The summed E-state index contributed by atoms with van der Waals surface area (Å²) in [5.74, 6) is 5.68. The smallest absolute Gasteiger partial charge is 0.0978 e. The maximum atomic E-state index is 5.73. The standard InChI is InChI=1S/C15H22N2O2/c16-17-14(15-10-18-6-7-19-15)9-11-4-5-12-2-1-3-13(12)8-11/h4-5,8,14-15,17H,1-3,6-7,9-10,16H2. The molecule has 104 valence electrons. The van der Waals surface area contributed by atoms with Crippen LogP contribution in [0, 0.1) is 0 Å². The third-order valence-electron chi connectivity index (χ3n) is 4.12. The van der Waals surface area contributed by atoms with E-state index in [1.807, 2.05) is 0 Å². The number of hydrogen-bond donors (Lipinski definition) is 2. The molecule has 2 unspecified atom stereocenters. The summed E-state index contributed by atoms with van der Waals surface area (Å²) in [7, 11) is 0. The SMILES string of the molecule is NNC(Cc1ccc2c(c1)CCC2)C1COCCO1. The Morgan fingerprint density at radius 2 is 2.16 bits per heavy atom. The van der Waals surface area contributed by atoms with E-state index in [9.17, 15) is 0 Å². The van der Waals surface area contributed by atoms with Crippen molar-refractivity contribution in [1.82, 2.24) is 5.43 Å². The molecule has 0 saturated carbocycles. The highest BCUT2D eigenvalue weighted by Gasteiger charge is 2.24. The Morgan fingerprint density at radius 1 is 1.26 bits per heavy atom. The van der Waals surface area contributed by atoms with Gasteiger partial charge in [0.05, 0.1) is 32.0 Å². The van der Waals surface area contributed by atoms with Crippen LogP contribution in [-0.4, -0.2) is 32.0 Å². The number of nitrogens with two attached hydrogens (primary N) is 1. The predicted octanol–water partition coefficient (Wildman–Crippen LogP) is 0.965. The van der Waals surface area contributed by atoms with Crippen molar-refractivity contribution < 1.29 is 9.47 Å². The highest BCUT2D eigenvalue weighted by atomic mass is 16.6. The molecule has 0 aromatic heterocycles. The maximum absolute atomic E-state index is 5.73. The lowest BCUT2D eigenvalue weighted by molar-refractivity contribution is -0.101. The summed E-state index contributed by atoms with van der Waals surface area (Å²) in [6, 6.07) is 6.93. The molecule has 1 saturated heterocycles. The monoisotopic (exact) mass is 262 g/mol. The van der Waals surface area contributed by atoms with Crippen LogP contribution >= 0.6 is 0 Å². The molecular formula is C15H22N2O2. The lowest BCUT2D eigenvalue weighted by atomic mass is 9.98. The molecule has 1 aliphatic carbocycles. The molecule has 1 aliphatic heterocycles. The predicted molar refractivity (Wildman–Crippen MR) is 73.8 cm³/mol. The van der Waals surface area contributed by atoms with Crippen molar-refractivity contribution in [3.05, 3.63) is 34.9 Å². The number of hydrazine groups is 1. The van der Waals surface area contributed by atoms with E-state index in [0.29, 0.717) is 19.8 Å². The number of fused-ring (bicyclic) bond motifs is 1. The van der Waals surface area contributed by atoms with Gasteiger partial charge in [-0.25, -0.2) is 0 Å². The van der Waals surface area contributed by atoms with Crippen LogP contribution < -0.4 is 11.3 Å². The first kappa shape index (κ1) is 13.1. The molecular weight excluding hydrogens is 240 g/mol. The third-order valence-corrected chi connectivity index (χ3v) is 4.12. The largest absolute Gasteiger partial charge is 0.376 e. The van der Waals surface area contributed by atoms with Crippen molar-refractivity contribution in [3.8, 4) is 0 Å². The Hall–Kier alpha value is -0.940. The van der Waals surface area contributed by atoms with E-state index in [1.54, 1.807) is 0 Å². The molecule has 2 aliphatic rings. The van der Waals surface area contributed by atoms with Gasteiger partial charge in [0.15, 0.2) is 0 Å². The van der Waals surface area contributed by atoms with Gasteiger partial charge in [0.25, 0.3) is 0 Å². The van der Waals surface area contributed by atoms with E-state index >= 15 is 0 Å². The van der Waals surface area contributed by atoms with Gasteiger partial charge < -0.3 is 9.47 Å². The van der Waals surface area contributed by atoms with Crippen molar-refractivity contribution >= 4 is 0 Å². The Balaban J connectivity index is 1.68. The number of hydrogen-bond acceptors (Lipinski definition) is 4. The topological polar surface area (TPSA) is 56.5 Å². The molecule has 1 aromatic rings. The van der Waals surface area contributed by atoms with Gasteiger partial charge in [-0.3, -0.25) is 11.3 Å². The molecule has 0 bridgehead atoms. The van der Waals surface area contributed by atoms with Gasteiger partial charge in [-0.05, 0) is 42.4 Å². The van der Waals surface area contributed by atoms with Gasteiger partial charge in [-0.2, -0.15) is 0 Å². The van der Waals surface area contributed by atoms with Crippen LogP contribution in [0.3, 0.4) is 0 Å². The van der Waals surface area contributed by atoms with E-state index in [4.69, 9.17) is 15.3 Å². The molecule has 19 heavy (non-hydrogen) atoms. The van der Waals surface area contributed by atoms with Crippen LogP contribution in [-0.2, 0) is 28.7 Å². The Labute approximate surface area is 114 Å². The van der Waals surface area contributed by atoms with Gasteiger partial charge in [0, 0.05) is 0 Å². The van der Waals surface area contributed by atoms with Gasteiger partial charge in [-0.15, -0.1) is 0 Å². The van der Waals surface area contributed by atoms with Crippen LogP contribution in [0.15, 0.2) is 18.2 Å². The zero-order valence-electron chi connectivity index (χ0n) is 11.2. The average molecular weight is 262 g/mol. The highest BCUT2D eigenvalue weighted by Crippen LogP contribution is 2.23. The minimum absolute atomic E-state index is 0.0482. The summed E-state index contributed by atoms with van der Waals surface area (Å²) in [4.78, 5) is 0. The van der Waals surface area contributed by atoms with E-state index in [1.165, 1.54) is 36.0 Å². The van der Waals surface area contributed by atoms with Crippen molar-refractivity contribution in [2.24, 2.45) is 5.84 Å². The van der Waals surface area contributed by atoms with Gasteiger partial charge in [-0.1, -0.05) is 18.2 Å². The zero-order valence-corrected chi connectivity index (χ0v) is 11.2. The molecule has 4 nitrogen and oxygen atoms in total. The number of nitrogens with one attached hydrogen (secondary N) is 1. The average Bonchev–Trinajstić information content (AvgIpc) is 2.93. The summed E-state index contributed by atoms with van der Waals surface area (Å²) in [5, 5.41) is 0. The fourth-order valence-corrected chi connectivity index (χ4v) is 3.04. The summed E-state index contributed by atoms with van der Waals surface area (Å²) in [5.41, 5.74) is 7.23. The molecule has 1 heterocycles. The molecule has 1 fully saturated rings. The number of ether oxygens (including phenoxy) is 2. The molecule has 3 rings (SSSR count). The summed E-state index contributed by atoms with van der Waals surface area (Å²) in [6.45, 7) is 1.97. The van der Waals surface area contributed by atoms with Crippen molar-refractivity contribution in [2.75, 3.05) is 19.8 Å². The molecule has 2 atom stereocenters. The van der Waals surface area contributed by atoms with Crippen molar-refractivity contribution in [2.45, 2.75) is 37.8 Å². The van der Waals surface area contributed by atoms with E-state index in [-0.39, 0.29) is 12.1 Å². The second-order valence-electron chi connectivity index (χ2n) is 5.42. The minimum Gasteiger partial charge on any atom is -0.376 e. The van der Waals surface area contributed by atoms with Crippen LogP contribution in [0.25, 0.3) is 0 Å². The molecule has 0 radical (unpaired) electrons. The van der Waals surface area contributed by atoms with Crippen LogP contribution in [0.5, 0.6) is 0 Å². The normalized spacial score (nSPS) is 24.2. The molecule has 3 N–H and O–H groups in total. The first-order chi connectivity index (χ1) is 9.36. The fraction of sp³-hybridized carbons (Fsp3) is 0.600.